The van der Waals surface area contributed by atoms with Gasteiger partial charge in [0.1, 0.15) is 6.10 Å². The summed E-state index contributed by atoms with van der Waals surface area (Å²) in [6.07, 6.45) is 1.42. The van der Waals surface area contributed by atoms with E-state index in [1.165, 1.54) is 6.08 Å². The van der Waals surface area contributed by atoms with Gasteiger partial charge in [-0.3, -0.25) is 4.79 Å². The van der Waals surface area contributed by atoms with E-state index in [1.54, 1.807) is 6.92 Å². The number of carbonyl (C=O) groups is 2. The summed E-state index contributed by atoms with van der Waals surface area (Å²) < 4.78 is 4.76. The lowest BCUT2D eigenvalue weighted by atomic mass is 9.93. The van der Waals surface area contributed by atoms with Crippen LogP contribution in [0.4, 0.5) is 4.79 Å². The number of allylic oxidation sites excluding steroid dienone is 1. The Morgan fingerprint density at radius 1 is 1.57 bits per heavy atom. The molecule has 2 atom stereocenters. The lowest BCUT2D eigenvalue weighted by Crippen LogP contribution is -2.31. The highest BCUT2D eigenvalue weighted by atomic mass is 16.6. The first-order valence-corrected chi connectivity index (χ1v) is 4.65. The lowest BCUT2D eigenvalue weighted by Gasteiger charge is -2.20. The number of rotatable bonds is 6. The van der Waals surface area contributed by atoms with Crippen LogP contribution in [0.3, 0.4) is 0 Å². The predicted octanol–water partition coefficient (Wildman–Crippen LogP) is 1.64. The monoisotopic (exact) mass is 199 g/mol. The molecule has 0 aliphatic rings. The van der Waals surface area contributed by atoms with Gasteiger partial charge in [0.25, 0.3) is 0 Å². The highest BCUT2D eigenvalue weighted by Crippen LogP contribution is 2.16. The smallest absolute Gasteiger partial charge is 0.404 e. The van der Waals surface area contributed by atoms with E-state index in [-0.39, 0.29) is 11.7 Å². The molecule has 0 aliphatic carbocycles. The van der Waals surface area contributed by atoms with Gasteiger partial charge in [-0.25, -0.2) is 4.79 Å². The molecule has 4 heteroatoms. The average Bonchev–Trinajstić information content (AvgIpc) is 2.11. The molecule has 0 aromatic carbocycles. The van der Waals surface area contributed by atoms with Gasteiger partial charge in [0.2, 0.25) is 0 Å². The Morgan fingerprint density at radius 2 is 2.14 bits per heavy atom. The topological polar surface area (TPSA) is 69.4 Å². The maximum absolute atomic E-state index is 11.4. The van der Waals surface area contributed by atoms with E-state index in [0.717, 1.165) is 6.42 Å². The van der Waals surface area contributed by atoms with E-state index in [9.17, 15) is 9.59 Å². The van der Waals surface area contributed by atoms with E-state index in [4.69, 9.17) is 10.5 Å². The Kier molecular flexibility index (Phi) is 5.60. The van der Waals surface area contributed by atoms with Gasteiger partial charge >= 0.3 is 6.09 Å². The molecule has 0 aliphatic heterocycles. The number of nitrogens with two attached hydrogens (primary N) is 1. The zero-order valence-electron chi connectivity index (χ0n) is 8.66. The van der Waals surface area contributed by atoms with Crippen molar-refractivity contribution in [1.29, 1.82) is 0 Å². The first kappa shape index (κ1) is 12.7. The normalized spacial score (nSPS) is 14.1. The summed E-state index contributed by atoms with van der Waals surface area (Å²) in [4.78, 5) is 21.9. The summed E-state index contributed by atoms with van der Waals surface area (Å²) in [6.45, 7) is 7.02. The molecule has 0 aromatic heterocycles. The fourth-order valence-corrected chi connectivity index (χ4v) is 1.34. The largest absolute Gasteiger partial charge is 0.446 e. The zero-order chi connectivity index (χ0) is 11.1. The Labute approximate surface area is 84.1 Å². The highest BCUT2D eigenvalue weighted by molar-refractivity contribution is 5.91. The Hall–Kier alpha value is -1.32. The summed E-state index contributed by atoms with van der Waals surface area (Å²) in [7, 11) is 0. The Morgan fingerprint density at radius 3 is 2.50 bits per heavy atom. The minimum Gasteiger partial charge on any atom is -0.446 e. The Bertz CT molecular complexity index is 225. The third kappa shape index (κ3) is 4.07. The molecule has 1 amide bonds. The van der Waals surface area contributed by atoms with Crippen molar-refractivity contribution in [3.63, 3.8) is 0 Å². The second-order valence-corrected chi connectivity index (χ2v) is 3.14. The molecule has 0 spiro atoms. The zero-order valence-corrected chi connectivity index (χ0v) is 8.66. The van der Waals surface area contributed by atoms with Gasteiger partial charge < -0.3 is 10.5 Å². The van der Waals surface area contributed by atoms with Crippen LogP contribution in [0.5, 0.6) is 0 Å². The van der Waals surface area contributed by atoms with Crippen molar-refractivity contribution in [3.05, 3.63) is 12.7 Å². The van der Waals surface area contributed by atoms with Crippen LogP contribution in [0.2, 0.25) is 0 Å². The molecule has 0 bridgehead atoms. The number of amides is 1. The van der Waals surface area contributed by atoms with Crippen molar-refractivity contribution in [2.75, 3.05) is 0 Å². The van der Waals surface area contributed by atoms with Crippen LogP contribution in [0, 0.1) is 5.92 Å². The first-order chi connectivity index (χ1) is 6.52. The SMILES string of the molecule is C=CC(=O)C(CCC)C(C)OC(N)=O. The lowest BCUT2D eigenvalue weighted by molar-refractivity contribution is -0.121. The summed E-state index contributed by atoms with van der Waals surface area (Å²) >= 11 is 0. The second-order valence-electron chi connectivity index (χ2n) is 3.14. The maximum atomic E-state index is 11.4. The third-order valence-corrected chi connectivity index (χ3v) is 2.03. The minimum absolute atomic E-state index is 0.111. The number of hydrogen-bond donors (Lipinski definition) is 1. The number of ether oxygens (including phenoxy) is 1. The molecule has 2 unspecified atom stereocenters. The van der Waals surface area contributed by atoms with Crippen molar-refractivity contribution in [2.45, 2.75) is 32.8 Å². The summed E-state index contributed by atoms with van der Waals surface area (Å²) in [6, 6.07) is 0. The van der Waals surface area contributed by atoms with Crippen LogP contribution in [0.15, 0.2) is 12.7 Å². The molecule has 0 fully saturated rings. The van der Waals surface area contributed by atoms with E-state index in [1.807, 2.05) is 6.92 Å². The van der Waals surface area contributed by atoms with Crippen LogP contribution in [0.1, 0.15) is 26.7 Å². The van der Waals surface area contributed by atoms with E-state index in [0.29, 0.717) is 6.42 Å². The Balaban J connectivity index is 4.38. The number of carbonyl (C=O) groups excluding carboxylic acids is 2. The molecule has 0 saturated carbocycles. The molecule has 2 N–H and O–H groups in total. The molecule has 0 radical (unpaired) electrons. The molecule has 80 valence electrons. The van der Waals surface area contributed by atoms with Gasteiger partial charge in [0.05, 0.1) is 5.92 Å². The molecule has 4 nitrogen and oxygen atoms in total. The van der Waals surface area contributed by atoms with Crippen molar-refractivity contribution in [2.24, 2.45) is 11.7 Å². The van der Waals surface area contributed by atoms with E-state index in [2.05, 4.69) is 6.58 Å². The molecule has 0 heterocycles. The van der Waals surface area contributed by atoms with Gasteiger partial charge in [-0.2, -0.15) is 0 Å². The van der Waals surface area contributed by atoms with Crippen molar-refractivity contribution < 1.29 is 14.3 Å². The van der Waals surface area contributed by atoms with E-state index >= 15 is 0 Å². The first-order valence-electron chi connectivity index (χ1n) is 4.65. The van der Waals surface area contributed by atoms with Gasteiger partial charge in [-0.15, -0.1) is 0 Å². The highest BCUT2D eigenvalue weighted by Gasteiger charge is 2.24. The fraction of sp³-hybridized carbons (Fsp3) is 0.600. The van der Waals surface area contributed by atoms with Gasteiger partial charge in [0, 0.05) is 0 Å². The van der Waals surface area contributed by atoms with Crippen LogP contribution < -0.4 is 5.73 Å². The predicted molar refractivity (Wildman–Crippen MR) is 53.7 cm³/mol. The van der Waals surface area contributed by atoms with Crippen molar-refractivity contribution in [3.8, 4) is 0 Å². The third-order valence-electron chi connectivity index (χ3n) is 2.03. The van der Waals surface area contributed by atoms with Crippen LogP contribution in [0.25, 0.3) is 0 Å². The second kappa shape index (κ2) is 6.18. The van der Waals surface area contributed by atoms with Crippen molar-refractivity contribution >= 4 is 11.9 Å². The molecular weight excluding hydrogens is 182 g/mol. The van der Waals surface area contributed by atoms with Crippen LogP contribution in [-0.2, 0) is 9.53 Å². The minimum atomic E-state index is -0.851. The molecule has 0 saturated heterocycles. The number of hydrogen-bond acceptors (Lipinski definition) is 3. The molecule has 0 aromatic rings. The average molecular weight is 199 g/mol. The molecule has 14 heavy (non-hydrogen) atoms. The molecular formula is C10H17NO3. The van der Waals surface area contributed by atoms with Gasteiger partial charge in [0.15, 0.2) is 5.78 Å². The number of primary amides is 1. The number of ketones is 1. The van der Waals surface area contributed by atoms with Crippen LogP contribution >= 0.6 is 0 Å². The van der Waals surface area contributed by atoms with Gasteiger partial charge in [-0.05, 0) is 19.4 Å². The van der Waals surface area contributed by atoms with Gasteiger partial charge in [-0.1, -0.05) is 19.9 Å². The van der Waals surface area contributed by atoms with Crippen molar-refractivity contribution in [1.82, 2.24) is 0 Å². The summed E-state index contributed by atoms with van der Waals surface area (Å²) in [5.74, 6) is -0.439. The fourth-order valence-electron chi connectivity index (χ4n) is 1.34. The molecule has 0 rings (SSSR count). The van der Waals surface area contributed by atoms with Crippen LogP contribution in [-0.4, -0.2) is 18.0 Å². The maximum Gasteiger partial charge on any atom is 0.404 e. The standard InChI is InChI=1S/C10H17NO3/c1-4-6-8(9(12)5-2)7(3)14-10(11)13/h5,7-8H,2,4,6H2,1,3H3,(H2,11,13). The van der Waals surface area contributed by atoms with E-state index < -0.39 is 12.2 Å². The quantitative estimate of drug-likeness (QED) is 0.661. The summed E-state index contributed by atoms with van der Waals surface area (Å²) in [5, 5.41) is 0. The summed E-state index contributed by atoms with van der Waals surface area (Å²) in [5.41, 5.74) is 4.87.